The Hall–Kier alpha value is -2.18. The number of carboxylic acid groups (broad SMARTS) is 1. The molecule has 35 heavy (non-hydrogen) atoms. The molecule has 0 aromatic heterocycles. The van der Waals surface area contributed by atoms with Gasteiger partial charge in [-0.05, 0) is 0 Å². The first-order valence-electron chi connectivity index (χ1n) is 9.14. The number of carboxylic acids is 1. The van der Waals surface area contributed by atoms with Gasteiger partial charge >= 0.3 is 26.8 Å². The average Bonchev–Trinajstić information content (AvgIpc) is 2.69. The van der Waals surface area contributed by atoms with Gasteiger partial charge in [0, 0.05) is 6.92 Å². The van der Waals surface area contributed by atoms with Gasteiger partial charge in [0.25, 0.3) is 0 Å². The highest BCUT2D eigenvalue weighted by Gasteiger charge is 2.52. The number of amides is 1. The van der Waals surface area contributed by atoms with E-state index in [1.807, 2.05) is 0 Å². The second-order valence-corrected chi connectivity index (χ2v) is 9.17. The lowest BCUT2D eigenvalue weighted by Gasteiger charge is -2.45. The Bertz CT molecular complexity index is 1060. The molecule has 8 N–H and O–H groups in total. The van der Waals surface area contributed by atoms with Crippen molar-refractivity contribution in [3.63, 3.8) is 0 Å². The fourth-order valence-corrected chi connectivity index (χ4v) is 3.90. The number of aliphatic carboxylic acids is 1. The summed E-state index contributed by atoms with van der Waals surface area (Å²) in [4.78, 5) is 22.9. The fourth-order valence-electron chi connectivity index (χ4n) is 3.12. The molecule has 21 heteroatoms. The summed E-state index contributed by atoms with van der Waals surface area (Å²) < 4.78 is 85.0. The van der Waals surface area contributed by atoms with Crippen LogP contribution >= 0.6 is 0 Å². The molecule has 0 bridgehead atoms. The van der Waals surface area contributed by atoms with E-state index in [9.17, 15) is 46.9 Å². The Morgan fingerprint density at radius 2 is 1.66 bits per heavy atom. The highest BCUT2D eigenvalue weighted by Crippen LogP contribution is 2.32. The van der Waals surface area contributed by atoms with E-state index in [0.29, 0.717) is 0 Å². The lowest BCUT2D eigenvalue weighted by atomic mass is 9.96. The second-order valence-electron chi connectivity index (χ2n) is 7.03. The summed E-state index contributed by atoms with van der Waals surface area (Å²) in [5.41, 5.74) is 0. The zero-order valence-corrected chi connectivity index (χ0v) is 18.9. The molecule has 2 rings (SSSR count). The molecule has 0 spiro atoms. The molecule has 0 aromatic carbocycles. The summed E-state index contributed by atoms with van der Waals surface area (Å²) in [7, 11) is -10.5. The quantitative estimate of drug-likeness (QED) is 0.124. The standard InChI is InChI=1S/C14H21NO18S2/c1-3(16)15-5-9(6(17)4(30-13(5)22)2-29-34(23,24)25)31-14-11(33-35(26,27)28)8(19)7(18)10(32-14)12(20)21/h4-6,8-9,11,13-14,17-19,22H,2H2,1H3,(H,15,16)(H,20,21)(H,23,24,25)(H,26,27,28)/t4-,5-,6+,8+,9-,11-,13-,14-/m1/s1. The van der Waals surface area contributed by atoms with Crippen molar-refractivity contribution >= 4 is 32.7 Å². The predicted octanol–water partition coefficient (Wildman–Crippen LogP) is -4.47. The number of carbonyl (C=O) groups is 2. The van der Waals surface area contributed by atoms with Gasteiger partial charge in [-0.1, -0.05) is 0 Å². The van der Waals surface area contributed by atoms with Crippen molar-refractivity contribution in [3.05, 3.63) is 11.5 Å². The summed E-state index contributed by atoms with van der Waals surface area (Å²) in [5, 5.41) is 52.0. The van der Waals surface area contributed by atoms with Gasteiger partial charge in [0.15, 0.2) is 18.2 Å². The van der Waals surface area contributed by atoms with Gasteiger partial charge in [0.1, 0.15) is 30.5 Å². The van der Waals surface area contributed by atoms with Gasteiger partial charge in [-0.15, -0.1) is 0 Å². The molecule has 19 nitrogen and oxygen atoms in total. The molecule has 0 saturated carbocycles. The average molecular weight is 555 g/mol. The molecule has 2 aliphatic rings. The molecule has 1 saturated heterocycles. The van der Waals surface area contributed by atoms with E-state index in [4.69, 9.17) is 28.4 Å². The van der Waals surface area contributed by atoms with E-state index in [2.05, 4.69) is 13.7 Å². The van der Waals surface area contributed by atoms with E-state index < -0.39 is 99.9 Å². The lowest BCUT2D eigenvalue weighted by molar-refractivity contribution is -0.301. The molecule has 0 unspecified atom stereocenters. The van der Waals surface area contributed by atoms with Crippen molar-refractivity contribution in [1.29, 1.82) is 0 Å². The smallest absolute Gasteiger partial charge is 0.397 e. The largest absolute Gasteiger partial charge is 0.506 e. The Kier molecular flexibility index (Phi) is 8.99. The summed E-state index contributed by atoms with van der Waals surface area (Å²) >= 11 is 0. The topological polar surface area (TPSA) is 302 Å². The Morgan fingerprint density at radius 1 is 1.06 bits per heavy atom. The highest BCUT2D eigenvalue weighted by molar-refractivity contribution is 7.81. The molecule has 0 aromatic rings. The van der Waals surface area contributed by atoms with Crippen molar-refractivity contribution < 1.29 is 83.6 Å². The van der Waals surface area contributed by atoms with Crippen LogP contribution in [0.15, 0.2) is 11.5 Å². The number of carbonyl (C=O) groups excluding carboxylic acids is 1. The van der Waals surface area contributed by atoms with Gasteiger partial charge in [-0.3, -0.25) is 13.9 Å². The van der Waals surface area contributed by atoms with Crippen molar-refractivity contribution in [2.75, 3.05) is 6.61 Å². The van der Waals surface area contributed by atoms with Crippen LogP contribution < -0.4 is 5.32 Å². The highest BCUT2D eigenvalue weighted by atomic mass is 32.3. The first-order chi connectivity index (χ1) is 15.9. The van der Waals surface area contributed by atoms with Crippen LogP contribution in [-0.2, 0) is 53.0 Å². The zero-order valence-electron chi connectivity index (χ0n) is 17.3. The van der Waals surface area contributed by atoms with Crippen molar-refractivity contribution in [2.45, 2.75) is 56.1 Å². The summed E-state index contributed by atoms with van der Waals surface area (Å²) in [6.07, 6.45) is -15.2. The molecule has 0 aliphatic carbocycles. The van der Waals surface area contributed by atoms with Crippen LogP contribution in [0.5, 0.6) is 0 Å². The second kappa shape index (κ2) is 10.8. The molecule has 0 radical (unpaired) electrons. The number of hydrogen-bond acceptors (Lipinski definition) is 15. The van der Waals surface area contributed by atoms with Crippen LogP contribution in [-0.4, -0.2) is 119 Å². The van der Waals surface area contributed by atoms with Gasteiger partial charge in [0.05, 0.1) is 6.61 Å². The van der Waals surface area contributed by atoms with Crippen LogP contribution in [0.1, 0.15) is 6.92 Å². The number of ether oxygens (including phenoxy) is 3. The number of nitrogens with one attached hydrogen (secondary N) is 1. The van der Waals surface area contributed by atoms with Gasteiger partial charge in [-0.25, -0.2) is 13.2 Å². The number of aliphatic hydroxyl groups excluding tert-OH is 4. The molecule has 1 amide bonds. The van der Waals surface area contributed by atoms with Gasteiger partial charge in [-0.2, -0.15) is 16.8 Å². The van der Waals surface area contributed by atoms with Crippen molar-refractivity contribution in [2.24, 2.45) is 0 Å². The maximum absolute atomic E-state index is 11.6. The Morgan fingerprint density at radius 3 is 2.14 bits per heavy atom. The SMILES string of the molecule is CC(=O)N[C@@H]1[C@@H](O[C@@H]2OC(C(=O)O)=C(O)[C@H](O)[C@H]2OS(=O)(=O)O)[C@@H](O)[C@@H](COS(=O)(=O)O)O[C@H]1O. The van der Waals surface area contributed by atoms with Crippen LogP contribution in [0.2, 0.25) is 0 Å². The van der Waals surface area contributed by atoms with Crippen molar-refractivity contribution in [1.82, 2.24) is 5.32 Å². The van der Waals surface area contributed by atoms with E-state index in [1.54, 1.807) is 0 Å². The van der Waals surface area contributed by atoms with Crippen LogP contribution in [0, 0.1) is 0 Å². The zero-order chi connectivity index (χ0) is 26.9. The van der Waals surface area contributed by atoms with E-state index in [-0.39, 0.29) is 0 Å². The third-order valence-electron chi connectivity index (χ3n) is 4.49. The maximum Gasteiger partial charge on any atom is 0.397 e. The van der Waals surface area contributed by atoms with Crippen LogP contribution in [0.4, 0.5) is 0 Å². The van der Waals surface area contributed by atoms with Crippen molar-refractivity contribution in [3.8, 4) is 0 Å². The number of hydrogen-bond donors (Lipinski definition) is 8. The first kappa shape index (κ1) is 29.1. The molecule has 1 fully saturated rings. The molecular formula is C14H21NO18S2. The predicted molar refractivity (Wildman–Crippen MR) is 101 cm³/mol. The minimum Gasteiger partial charge on any atom is -0.506 e. The third-order valence-corrected chi connectivity index (χ3v) is 5.39. The third kappa shape index (κ3) is 7.65. The van der Waals surface area contributed by atoms with Crippen LogP contribution in [0.3, 0.4) is 0 Å². The summed E-state index contributed by atoms with van der Waals surface area (Å²) in [6, 6.07) is -1.73. The van der Waals surface area contributed by atoms with E-state index >= 15 is 0 Å². The number of rotatable bonds is 9. The molecule has 8 atom stereocenters. The Labute approximate surface area is 196 Å². The van der Waals surface area contributed by atoms with E-state index in [0.717, 1.165) is 6.92 Å². The minimum atomic E-state index is -5.41. The minimum absolute atomic E-state index is 0.842. The lowest BCUT2D eigenvalue weighted by Crippen LogP contribution is -2.66. The monoisotopic (exact) mass is 555 g/mol. The number of aliphatic hydroxyl groups is 4. The Balaban J connectivity index is 2.45. The summed E-state index contributed by atoms with van der Waals surface area (Å²) in [6.45, 7) is -0.165. The molecule has 202 valence electrons. The molecule has 2 aliphatic heterocycles. The van der Waals surface area contributed by atoms with Crippen LogP contribution in [0.25, 0.3) is 0 Å². The van der Waals surface area contributed by atoms with Gasteiger partial charge in [0.2, 0.25) is 18.0 Å². The summed E-state index contributed by atoms with van der Waals surface area (Å²) in [5.74, 6) is -5.62. The molecule has 2 heterocycles. The maximum atomic E-state index is 11.6. The first-order valence-corrected chi connectivity index (χ1v) is 11.9. The normalized spacial score (nSPS) is 34.2. The van der Waals surface area contributed by atoms with Gasteiger partial charge < -0.3 is 45.1 Å². The van der Waals surface area contributed by atoms with E-state index in [1.165, 1.54) is 0 Å². The molecular weight excluding hydrogens is 534 g/mol. The fraction of sp³-hybridized carbons (Fsp3) is 0.714.